The monoisotopic (exact) mass is 214 g/mol. The third-order valence-electron chi connectivity index (χ3n) is 2.62. The average molecular weight is 215 g/mol. The molecule has 76 valence electrons. The van der Waals surface area contributed by atoms with Gasteiger partial charge in [0.05, 0.1) is 5.41 Å². The predicted octanol–water partition coefficient (Wildman–Crippen LogP) is 3.26. The molecule has 0 amide bonds. The molecule has 0 bridgehead atoms. The van der Waals surface area contributed by atoms with E-state index in [1.165, 1.54) is 12.1 Å². The summed E-state index contributed by atoms with van der Waals surface area (Å²) in [5, 5.41) is -0.411. The Morgan fingerprint density at radius 1 is 1.43 bits per heavy atom. The van der Waals surface area contributed by atoms with Crippen LogP contribution in [0.25, 0.3) is 0 Å². The van der Waals surface area contributed by atoms with Crippen LogP contribution >= 0.6 is 11.6 Å². The molecule has 0 saturated carbocycles. The smallest absolute Gasteiger partial charge is 0.231 e. The van der Waals surface area contributed by atoms with Gasteiger partial charge in [-0.1, -0.05) is 19.1 Å². The van der Waals surface area contributed by atoms with Crippen molar-refractivity contribution in [3.05, 3.63) is 35.6 Å². The maximum absolute atomic E-state index is 12.7. The minimum Gasteiger partial charge on any atom is -0.280 e. The lowest BCUT2D eigenvalue weighted by Crippen LogP contribution is -2.28. The Morgan fingerprint density at radius 2 is 1.93 bits per heavy atom. The quantitative estimate of drug-likeness (QED) is 0.706. The van der Waals surface area contributed by atoms with E-state index in [0.717, 1.165) is 5.56 Å². The molecular weight excluding hydrogens is 203 g/mol. The summed E-state index contributed by atoms with van der Waals surface area (Å²) in [4.78, 5) is 11.3. The second-order valence-corrected chi connectivity index (χ2v) is 3.81. The molecule has 0 saturated heterocycles. The van der Waals surface area contributed by atoms with Gasteiger partial charge in [0, 0.05) is 0 Å². The van der Waals surface area contributed by atoms with Crippen LogP contribution in [0.5, 0.6) is 0 Å². The molecule has 14 heavy (non-hydrogen) atoms. The van der Waals surface area contributed by atoms with Gasteiger partial charge in [-0.15, -0.1) is 0 Å². The summed E-state index contributed by atoms with van der Waals surface area (Å²) in [5.74, 6) is -0.311. The number of halogens is 2. The van der Waals surface area contributed by atoms with E-state index < -0.39 is 10.7 Å². The highest BCUT2D eigenvalue weighted by Crippen LogP contribution is 2.30. The molecule has 0 aliphatic rings. The first-order chi connectivity index (χ1) is 6.50. The van der Waals surface area contributed by atoms with Gasteiger partial charge in [-0.25, -0.2) is 4.39 Å². The number of carbonyl (C=O) groups excluding carboxylic acids is 1. The van der Waals surface area contributed by atoms with Crippen LogP contribution in [0, 0.1) is 5.82 Å². The van der Waals surface area contributed by atoms with Gasteiger partial charge in [-0.3, -0.25) is 4.79 Å². The SMILES string of the molecule is CCC(C)(C(=O)Cl)c1ccc(F)cc1. The van der Waals surface area contributed by atoms with Gasteiger partial charge in [0.2, 0.25) is 5.24 Å². The van der Waals surface area contributed by atoms with Crippen molar-refractivity contribution in [3.63, 3.8) is 0 Å². The third-order valence-corrected chi connectivity index (χ3v) is 3.04. The lowest BCUT2D eigenvalue weighted by atomic mass is 9.81. The van der Waals surface area contributed by atoms with Crippen molar-refractivity contribution in [2.24, 2.45) is 0 Å². The van der Waals surface area contributed by atoms with Crippen LogP contribution in [-0.2, 0) is 10.2 Å². The highest BCUT2D eigenvalue weighted by Gasteiger charge is 2.31. The molecule has 1 aromatic rings. The Morgan fingerprint density at radius 3 is 2.29 bits per heavy atom. The Labute approximate surface area is 87.9 Å². The molecule has 0 fully saturated rings. The zero-order valence-corrected chi connectivity index (χ0v) is 8.94. The zero-order chi connectivity index (χ0) is 10.8. The first-order valence-electron chi connectivity index (χ1n) is 4.46. The van der Waals surface area contributed by atoms with E-state index >= 15 is 0 Å². The maximum Gasteiger partial charge on any atom is 0.231 e. The topological polar surface area (TPSA) is 17.1 Å². The van der Waals surface area contributed by atoms with Gasteiger partial charge in [0.1, 0.15) is 5.82 Å². The summed E-state index contributed by atoms with van der Waals surface area (Å²) in [6.45, 7) is 3.64. The highest BCUT2D eigenvalue weighted by atomic mass is 35.5. The maximum atomic E-state index is 12.7. The van der Waals surface area contributed by atoms with Crippen LogP contribution in [0.2, 0.25) is 0 Å². The van der Waals surface area contributed by atoms with E-state index in [4.69, 9.17) is 11.6 Å². The van der Waals surface area contributed by atoms with E-state index in [1.807, 2.05) is 6.92 Å². The van der Waals surface area contributed by atoms with Crippen molar-refractivity contribution < 1.29 is 9.18 Å². The first kappa shape index (κ1) is 11.2. The minimum atomic E-state index is -0.713. The molecule has 1 nitrogen and oxygen atoms in total. The van der Waals surface area contributed by atoms with Gasteiger partial charge in [0.25, 0.3) is 0 Å². The molecule has 1 unspecified atom stereocenters. The summed E-state index contributed by atoms with van der Waals surface area (Å²) in [7, 11) is 0. The summed E-state index contributed by atoms with van der Waals surface area (Å²) in [5.41, 5.74) is 0.0383. The van der Waals surface area contributed by atoms with Crippen molar-refractivity contribution in [1.82, 2.24) is 0 Å². The molecule has 0 radical (unpaired) electrons. The van der Waals surface area contributed by atoms with Crippen molar-refractivity contribution in [2.75, 3.05) is 0 Å². The largest absolute Gasteiger partial charge is 0.280 e. The van der Waals surface area contributed by atoms with Crippen molar-refractivity contribution in [1.29, 1.82) is 0 Å². The average Bonchev–Trinajstić information content (AvgIpc) is 2.17. The van der Waals surface area contributed by atoms with Crippen LogP contribution in [0.3, 0.4) is 0 Å². The summed E-state index contributed by atoms with van der Waals surface area (Å²) in [6, 6.07) is 5.87. The number of rotatable bonds is 3. The van der Waals surface area contributed by atoms with Crippen LogP contribution in [0.15, 0.2) is 24.3 Å². The van der Waals surface area contributed by atoms with Crippen LogP contribution < -0.4 is 0 Å². The Hall–Kier alpha value is -0.890. The van der Waals surface area contributed by atoms with Crippen LogP contribution in [0.1, 0.15) is 25.8 Å². The van der Waals surface area contributed by atoms with E-state index in [1.54, 1.807) is 19.1 Å². The van der Waals surface area contributed by atoms with Gasteiger partial charge < -0.3 is 0 Å². The summed E-state index contributed by atoms with van der Waals surface area (Å²) < 4.78 is 12.7. The van der Waals surface area contributed by atoms with Gasteiger partial charge in [-0.05, 0) is 42.6 Å². The second-order valence-electron chi connectivity index (χ2n) is 3.47. The number of hydrogen-bond donors (Lipinski definition) is 0. The molecule has 0 heterocycles. The lowest BCUT2D eigenvalue weighted by molar-refractivity contribution is -0.116. The Bertz CT molecular complexity index is 334. The number of carbonyl (C=O) groups is 1. The highest BCUT2D eigenvalue weighted by molar-refractivity contribution is 6.65. The molecule has 0 aromatic heterocycles. The summed E-state index contributed by atoms with van der Waals surface area (Å²) in [6.07, 6.45) is 0.598. The fourth-order valence-electron chi connectivity index (χ4n) is 1.27. The second kappa shape index (κ2) is 4.09. The van der Waals surface area contributed by atoms with E-state index in [9.17, 15) is 9.18 Å². The normalized spacial score (nSPS) is 14.9. The molecule has 0 spiro atoms. The van der Waals surface area contributed by atoms with Crippen LogP contribution in [0.4, 0.5) is 4.39 Å². The van der Waals surface area contributed by atoms with E-state index in [-0.39, 0.29) is 5.82 Å². The molecule has 1 aromatic carbocycles. The predicted molar refractivity (Wildman–Crippen MR) is 54.9 cm³/mol. The fraction of sp³-hybridized carbons (Fsp3) is 0.364. The molecular formula is C11H12ClFO. The summed E-state index contributed by atoms with van der Waals surface area (Å²) >= 11 is 5.53. The minimum absolute atomic E-state index is 0.311. The van der Waals surface area contributed by atoms with Crippen molar-refractivity contribution in [2.45, 2.75) is 25.7 Å². The standard InChI is InChI=1S/C11H12ClFO/c1-3-11(2,10(12)14)8-4-6-9(13)7-5-8/h4-7H,3H2,1-2H3. The molecule has 0 aliphatic heterocycles. The molecule has 1 atom stereocenters. The third kappa shape index (κ3) is 1.95. The van der Waals surface area contributed by atoms with Gasteiger partial charge >= 0.3 is 0 Å². The molecule has 0 N–H and O–H groups in total. The molecule has 1 rings (SSSR count). The van der Waals surface area contributed by atoms with E-state index in [2.05, 4.69) is 0 Å². The Kier molecular flexibility index (Phi) is 3.27. The Balaban J connectivity index is 3.13. The van der Waals surface area contributed by atoms with Gasteiger partial charge in [0.15, 0.2) is 0 Å². The number of hydrogen-bond acceptors (Lipinski definition) is 1. The lowest BCUT2D eigenvalue weighted by Gasteiger charge is -2.23. The molecule has 3 heteroatoms. The fourth-order valence-corrected chi connectivity index (χ4v) is 1.52. The van der Waals surface area contributed by atoms with Crippen molar-refractivity contribution >= 4 is 16.8 Å². The first-order valence-corrected chi connectivity index (χ1v) is 4.84. The van der Waals surface area contributed by atoms with Gasteiger partial charge in [-0.2, -0.15) is 0 Å². The molecule has 0 aliphatic carbocycles. The van der Waals surface area contributed by atoms with Crippen molar-refractivity contribution in [3.8, 4) is 0 Å². The van der Waals surface area contributed by atoms with E-state index in [0.29, 0.717) is 6.42 Å². The number of benzene rings is 1. The zero-order valence-electron chi connectivity index (χ0n) is 8.18. The van der Waals surface area contributed by atoms with Crippen LogP contribution in [-0.4, -0.2) is 5.24 Å².